The fourth-order valence-corrected chi connectivity index (χ4v) is 2.64. The van der Waals surface area contributed by atoms with Crippen LogP contribution in [0.3, 0.4) is 0 Å². The van der Waals surface area contributed by atoms with Crippen molar-refractivity contribution in [3.63, 3.8) is 0 Å². The van der Waals surface area contributed by atoms with E-state index in [2.05, 4.69) is 0 Å². The second-order valence-electron chi connectivity index (χ2n) is 6.05. The van der Waals surface area contributed by atoms with Crippen molar-refractivity contribution in [3.05, 3.63) is 42.0 Å². The van der Waals surface area contributed by atoms with E-state index in [9.17, 15) is 19.8 Å². The number of methoxy groups -OCH3 is 1. The van der Waals surface area contributed by atoms with Gasteiger partial charge < -0.3 is 24.4 Å². The van der Waals surface area contributed by atoms with E-state index in [1.54, 1.807) is 30.3 Å². The number of esters is 1. The molecule has 26 heavy (non-hydrogen) atoms. The monoisotopic (exact) mass is 364 g/mol. The molecule has 142 valence electrons. The average Bonchev–Trinajstić information content (AvgIpc) is 2.65. The molecular formula is C19H24O7. The molecule has 2 rings (SSSR count). The number of ketones is 1. The summed E-state index contributed by atoms with van der Waals surface area (Å²) in [6.07, 6.45) is 1.30. The summed E-state index contributed by atoms with van der Waals surface area (Å²) in [5.41, 5.74) is 0.285. The molecule has 0 saturated heterocycles. The Morgan fingerprint density at radius 1 is 1.19 bits per heavy atom. The number of rotatable bonds is 5. The van der Waals surface area contributed by atoms with Gasteiger partial charge >= 0.3 is 5.97 Å². The number of para-hydroxylation sites is 1. The van der Waals surface area contributed by atoms with Crippen LogP contribution in [0.25, 0.3) is 0 Å². The molecule has 1 aromatic rings. The molecule has 3 unspecified atom stereocenters. The van der Waals surface area contributed by atoms with Crippen molar-refractivity contribution in [2.45, 2.75) is 44.0 Å². The Bertz CT molecular complexity index is 641. The zero-order valence-electron chi connectivity index (χ0n) is 14.7. The first-order valence-corrected chi connectivity index (χ1v) is 8.51. The number of hydrogen-bond acceptors (Lipinski definition) is 7. The zero-order valence-corrected chi connectivity index (χ0v) is 14.7. The molecule has 7 nitrogen and oxygen atoms in total. The van der Waals surface area contributed by atoms with Gasteiger partial charge in [-0.3, -0.25) is 4.79 Å². The first-order valence-electron chi connectivity index (χ1n) is 8.51. The summed E-state index contributed by atoms with van der Waals surface area (Å²) in [5, 5.41) is 19.6. The van der Waals surface area contributed by atoms with E-state index in [1.807, 2.05) is 0 Å². The third kappa shape index (κ3) is 5.66. The normalized spacial score (nSPS) is 25.3. The molecule has 0 amide bonds. The van der Waals surface area contributed by atoms with E-state index in [0.29, 0.717) is 25.0 Å². The lowest BCUT2D eigenvalue weighted by Gasteiger charge is -2.22. The molecular weight excluding hydrogens is 340 g/mol. The third-order valence-electron chi connectivity index (χ3n) is 4.09. The van der Waals surface area contributed by atoms with Crippen LogP contribution in [0.5, 0.6) is 5.75 Å². The number of aliphatic hydroxyl groups is 2. The number of hydrogen-bond donors (Lipinski definition) is 2. The maximum absolute atomic E-state index is 12.5. The Morgan fingerprint density at radius 3 is 2.73 bits per heavy atom. The van der Waals surface area contributed by atoms with Gasteiger partial charge in [0.15, 0.2) is 12.6 Å². The Labute approximate surface area is 152 Å². The molecule has 1 aliphatic carbocycles. The van der Waals surface area contributed by atoms with Gasteiger partial charge in [-0.25, -0.2) is 4.79 Å². The molecule has 0 spiro atoms. The van der Waals surface area contributed by atoms with Crippen LogP contribution in [0.1, 0.15) is 36.0 Å². The molecule has 0 aromatic heterocycles. The number of benzene rings is 1. The van der Waals surface area contributed by atoms with Crippen LogP contribution in [0.4, 0.5) is 0 Å². The van der Waals surface area contributed by atoms with Gasteiger partial charge in [-0.05, 0) is 43.9 Å². The highest BCUT2D eigenvalue weighted by Gasteiger charge is 2.26. The summed E-state index contributed by atoms with van der Waals surface area (Å²) in [6, 6.07) is 6.70. The summed E-state index contributed by atoms with van der Waals surface area (Å²) in [4.78, 5) is 24.1. The van der Waals surface area contributed by atoms with Crippen LogP contribution in [-0.2, 0) is 14.3 Å². The van der Waals surface area contributed by atoms with Gasteiger partial charge in [-0.1, -0.05) is 18.2 Å². The van der Waals surface area contributed by atoms with Crippen molar-refractivity contribution in [2.75, 3.05) is 13.9 Å². The van der Waals surface area contributed by atoms with E-state index in [4.69, 9.17) is 14.2 Å². The summed E-state index contributed by atoms with van der Waals surface area (Å²) in [7, 11) is 1.49. The number of allylic oxidation sites excluding steroid dienone is 1. The Hall–Kier alpha value is -2.22. The van der Waals surface area contributed by atoms with Gasteiger partial charge in [0.05, 0.1) is 6.10 Å². The Morgan fingerprint density at radius 2 is 1.96 bits per heavy atom. The summed E-state index contributed by atoms with van der Waals surface area (Å²) in [6.45, 7) is 0.0105. The van der Waals surface area contributed by atoms with Crippen molar-refractivity contribution in [1.29, 1.82) is 0 Å². The summed E-state index contributed by atoms with van der Waals surface area (Å²) in [5.74, 6) is -0.689. The number of carbonyl (C=O) groups is 2. The molecule has 3 atom stereocenters. The van der Waals surface area contributed by atoms with Gasteiger partial charge in [0.25, 0.3) is 0 Å². The smallest absolute Gasteiger partial charge is 0.342 e. The summed E-state index contributed by atoms with van der Waals surface area (Å²) >= 11 is 0. The fraction of sp³-hybridized carbons (Fsp3) is 0.474. The molecule has 0 heterocycles. The van der Waals surface area contributed by atoms with E-state index in [-0.39, 0.29) is 18.8 Å². The van der Waals surface area contributed by atoms with E-state index in [0.717, 1.165) is 0 Å². The highest BCUT2D eigenvalue weighted by Crippen LogP contribution is 2.22. The van der Waals surface area contributed by atoms with Crippen LogP contribution in [0, 0.1) is 0 Å². The second kappa shape index (κ2) is 10.1. The van der Waals surface area contributed by atoms with Crippen LogP contribution < -0.4 is 4.74 Å². The highest BCUT2D eigenvalue weighted by atomic mass is 16.7. The first-order chi connectivity index (χ1) is 12.5. The van der Waals surface area contributed by atoms with Crippen LogP contribution in [-0.4, -0.2) is 54.2 Å². The van der Waals surface area contributed by atoms with Crippen LogP contribution in [0.15, 0.2) is 36.4 Å². The zero-order chi connectivity index (χ0) is 18.9. The number of carbonyl (C=O) groups excluding carboxylic acids is 2. The maximum atomic E-state index is 12.5. The predicted molar refractivity (Wildman–Crippen MR) is 92.8 cm³/mol. The molecule has 0 bridgehead atoms. The van der Waals surface area contributed by atoms with E-state index >= 15 is 0 Å². The van der Waals surface area contributed by atoms with Crippen molar-refractivity contribution >= 4 is 11.8 Å². The second-order valence-corrected chi connectivity index (χ2v) is 6.05. The molecule has 2 N–H and O–H groups in total. The van der Waals surface area contributed by atoms with Crippen molar-refractivity contribution in [1.82, 2.24) is 0 Å². The van der Waals surface area contributed by atoms with Gasteiger partial charge in [-0.15, -0.1) is 0 Å². The largest absolute Gasteiger partial charge is 0.467 e. The number of ether oxygens (including phenoxy) is 3. The first kappa shape index (κ1) is 20.1. The average molecular weight is 364 g/mol. The molecule has 0 saturated carbocycles. The molecule has 0 radical (unpaired) electrons. The molecule has 1 aliphatic rings. The molecule has 0 aliphatic heterocycles. The lowest BCUT2D eigenvalue weighted by Crippen LogP contribution is -2.34. The lowest BCUT2D eigenvalue weighted by atomic mass is 9.98. The van der Waals surface area contributed by atoms with Crippen molar-refractivity contribution in [3.8, 4) is 5.75 Å². The van der Waals surface area contributed by atoms with E-state index < -0.39 is 30.1 Å². The molecule has 7 heteroatoms. The minimum absolute atomic E-state index is 0.0105. The number of aliphatic hydroxyl groups excluding tert-OH is 2. The van der Waals surface area contributed by atoms with Crippen LogP contribution >= 0.6 is 0 Å². The minimum Gasteiger partial charge on any atom is -0.467 e. The topological polar surface area (TPSA) is 102 Å². The van der Waals surface area contributed by atoms with Crippen molar-refractivity contribution in [2.24, 2.45) is 0 Å². The van der Waals surface area contributed by atoms with Gasteiger partial charge in [-0.2, -0.15) is 0 Å². The quantitative estimate of drug-likeness (QED) is 0.604. The van der Waals surface area contributed by atoms with Gasteiger partial charge in [0, 0.05) is 7.11 Å². The van der Waals surface area contributed by atoms with Crippen LogP contribution in [0.2, 0.25) is 0 Å². The SMILES string of the molecule is COCOc1ccccc1C(=O)OC1CC/C=C/C(=O)C(O)C(O)CC1. The molecule has 0 fully saturated rings. The Kier molecular flexibility index (Phi) is 7.77. The minimum atomic E-state index is -1.45. The Balaban J connectivity index is 2.05. The summed E-state index contributed by atoms with van der Waals surface area (Å²) < 4.78 is 15.8. The fourth-order valence-electron chi connectivity index (χ4n) is 2.64. The van der Waals surface area contributed by atoms with Crippen molar-refractivity contribution < 1.29 is 34.0 Å². The van der Waals surface area contributed by atoms with E-state index in [1.165, 1.54) is 13.2 Å². The van der Waals surface area contributed by atoms with Gasteiger partial charge in [0.1, 0.15) is 23.5 Å². The molecule has 1 aromatic carbocycles. The predicted octanol–water partition coefficient (Wildman–Crippen LogP) is 1.62. The van der Waals surface area contributed by atoms with Gasteiger partial charge in [0.2, 0.25) is 0 Å². The third-order valence-corrected chi connectivity index (χ3v) is 4.09. The maximum Gasteiger partial charge on any atom is 0.342 e. The standard InChI is InChI=1S/C19H24O7/c1-24-12-25-17-9-5-3-7-14(17)19(23)26-13-6-2-4-8-15(20)18(22)16(21)11-10-13/h3-5,7-9,13,16,18,21-22H,2,6,10-12H2,1H3/b8-4+. The lowest BCUT2D eigenvalue weighted by molar-refractivity contribution is -0.128. The highest BCUT2D eigenvalue weighted by molar-refractivity contribution is 5.94.